The number of ether oxygens (including phenoxy) is 1. The molecule has 0 rings (SSSR count). The number of esters is 1. The first-order chi connectivity index (χ1) is 8.84. The number of nitro groups is 2. The molecule has 8 nitrogen and oxygen atoms in total. The van der Waals surface area contributed by atoms with Gasteiger partial charge in [-0.2, -0.15) is 0 Å². The van der Waals surface area contributed by atoms with Crippen LogP contribution in [0.5, 0.6) is 0 Å². The smallest absolute Gasteiger partial charge is 0.456 e. The van der Waals surface area contributed by atoms with E-state index in [1.165, 1.54) is 0 Å². The number of unbranched alkanes of at least 4 members (excludes halogenated alkanes) is 3. The van der Waals surface area contributed by atoms with Gasteiger partial charge in [0.25, 0.3) is 0 Å². The minimum Gasteiger partial charge on any atom is -0.466 e. The molecule has 110 valence electrons. The van der Waals surface area contributed by atoms with Crippen LogP contribution in [0.2, 0.25) is 0 Å². The van der Waals surface area contributed by atoms with Gasteiger partial charge < -0.3 is 4.74 Å². The van der Waals surface area contributed by atoms with E-state index in [0.29, 0.717) is 0 Å². The van der Waals surface area contributed by atoms with E-state index in [0.717, 1.165) is 32.6 Å². The minimum absolute atomic E-state index is 0.256. The third kappa shape index (κ3) is 6.12. The van der Waals surface area contributed by atoms with Gasteiger partial charge in [0, 0.05) is 0 Å². The van der Waals surface area contributed by atoms with Crippen LogP contribution in [0.4, 0.5) is 0 Å². The van der Waals surface area contributed by atoms with Crippen molar-refractivity contribution in [3.8, 4) is 0 Å². The maximum absolute atomic E-state index is 11.3. The van der Waals surface area contributed by atoms with Crippen LogP contribution in [0.15, 0.2) is 0 Å². The molecule has 0 N–H and O–H groups in total. The lowest BCUT2D eigenvalue weighted by Crippen LogP contribution is -2.43. The molecule has 0 saturated carbocycles. The van der Waals surface area contributed by atoms with E-state index >= 15 is 0 Å². The Balaban J connectivity index is 4.01. The Morgan fingerprint density at radius 2 is 1.74 bits per heavy atom. The zero-order chi connectivity index (χ0) is 14.9. The van der Waals surface area contributed by atoms with Crippen LogP contribution < -0.4 is 0 Å². The van der Waals surface area contributed by atoms with Gasteiger partial charge in [0.2, 0.25) is 0 Å². The van der Waals surface area contributed by atoms with E-state index < -0.39 is 27.9 Å². The van der Waals surface area contributed by atoms with Crippen molar-refractivity contribution >= 4 is 5.97 Å². The average molecular weight is 276 g/mol. The summed E-state index contributed by atoms with van der Waals surface area (Å²) in [5, 5.41) is 21.2. The van der Waals surface area contributed by atoms with Gasteiger partial charge >= 0.3 is 11.6 Å². The highest BCUT2D eigenvalue weighted by atomic mass is 16.7. The van der Waals surface area contributed by atoms with Crippen molar-refractivity contribution in [1.29, 1.82) is 0 Å². The second kappa shape index (κ2) is 8.39. The Hall–Kier alpha value is -1.73. The molecule has 0 aliphatic rings. The number of carbonyl (C=O) groups excluding carboxylic acids is 1. The van der Waals surface area contributed by atoms with Gasteiger partial charge in [-0.25, -0.2) is 0 Å². The third-order valence-corrected chi connectivity index (χ3v) is 2.85. The van der Waals surface area contributed by atoms with Gasteiger partial charge in [-0.1, -0.05) is 26.2 Å². The quantitative estimate of drug-likeness (QED) is 0.198. The molecule has 0 fully saturated rings. The topological polar surface area (TPSA) is 113 Å². The molecule has 0 aliphatic carbocycles. The fourth-order valence-corrected chi connectivity index (χ4v) is 1.38. The third-order valence-electron chi connectivity index (χ3n) is 2.85. The molecule has 0 bridgehead atoms. The van der Waals surface area contributed by atoms with E-state index in [1.807, 2.05) is 0 Å². The molecule has 0 amide bonds. The van der Waals surface area contributed by atoms with E-state index in [9.17, 15) is 25.0 Å². The number of rotatable bonds is 10. The second-order valence-electron chi connectivity index (χ2n) is 4.51. The molecule has 8 heteroatoms. The molecule has 0 aromatic carbocycles. The summed E-state index contributed by atoms with van der Waals surface area (Å²) in [7, 11) is 0. The first-order valence-corrected chi connectivity index (χ1v) is 6.29. The molecule has 0 aromatic rings. The van der Waals surface area contributed by atoms with Crippen molar-refractivity contribution in [2.24, 2.45) is 0 Å². The summed E-state index contributed by atoms with van der Waals surface area (Å²) in [5.74, 6) is -0.633. The van der Waals surface area contributed by atoms with Crippen LogP contribution >= 0.6 is 0 Å². The summed E-state index contributed by atoms with van der Waals surface area (Å²) in [5.41, 5.74) is -2.33. The monoisotopic (exact) mass is 276 g/mol. The molecule has 0 radical (unpaired) electrons. The molecule has 0 aromatic heterocycles. The van der Waals surface area contributed by atoms with E-state index in [-0.39, 0.29) is 13.0 Å². The first-order valence-electron chi connectivity index (χ1n) is 6.29. The average Bonchev–Trinajstić information content (AvgIpc) is 2.35. The largest absolute Gasteiger partial charge is 0.466 e. The van der Waals surface area contributed by atoms with Crippen LogP contribution in [-0.4, -0.2) is 28.1 Å². The summed E-state index contributed by atoms with van der Waals surface area (Å²) in [4.78, 5) is 30.6. The highest BCUT2D eigenvalue weighted by Gasteiger charge is 2.50. The zero-order valence-corrected chi connectivity index (χ0v) is 11.3. The van der Waals surface area contributed by atoms with Crippen molar-refractivity contribution in [1.82, 2.24) is 0 Å². The van der Waals surface area contributed by atoms with Crippen LogP contribution in [0.25, 0.3) is 0 Å². The van der Waals surface area contributed by atoms with Crippen LogP contribution in [0.1, 0.15) is 52.4 Å². The van der Waals surface area contributed by atoms with Crippen molar-refractivity contribution in [3.05, 3.63) is 20.2 Å². The molecule has 0 unspecified atom stereocenters. The van der Waals surface area contributed by atoms with Gasteiger partial charge in [-0.3, -0.25) is 25.0 Å². The minimum atomic E-state index is -2.33. The first kappa shape index (κ1) is 17.3. The molecule has 0 saturated heterocycles. The van der Waals surface area contributed by atoms with E-state index in [4.69, 9.17) is 4.74 Å². The highest BCUT2D eigenvalue weighted by Crippen LogP contribution is 2.17. The molecule has 0 atom stereocenters. The van der Waals surface area contributed by atoms with Crippen molar-refractivity contribution in [3.63, 3.8) is 0 Å². The molecule has 19 heavy (non-hydrogen) atoms. The van der Waals surface area contributed by atoms with E-state index in [1.54, 1.807) is 0 Å². The summed E-state index contributed by atoms with van der Waals surface area (Å²) < 4.78 is 4.86. The Morgan fingerprint density at radius 3 is 2.21 bits per heavy atom. The summed E-state index contributed by atoms with van der Waals surface area (Å²) >= 11 is 0. The zero-order valence-electron chi connectivity index (χ0n) is 11.3. The van der Waals surface area contributed by atoms with Crippen molar-refractivity contribution < 1.29 is 19.4 Å². The Kier molecular flexibility index (Phi) is 7.62. The molecule has 0 aliphatic heterocycles. The van der Waals surface area contributed by atoms with Gasteiger partial charge in [0.15, 0.2) is 0 Å². The maximum atomic E-state index is 11.3. The summed E-state index contributed by atoms with van der Waals surface area (Å²) in [6.07, 6.45) is 3.01. The molecular weight excluding hydrogens is 256 g/mol. The Morgan fingerprint density at radius 1 is 1.16 bits per heavy atom. The number of hydrogen-bond donors (Lipinski definition) is 0. The van der Waals surface area contributed by atoms with Crippen LogP contribution in [0.3, 0.4) is 0 Å². The van der Waals surface area contributed by atoms with Gasteiger partial charge in [-0.05, 0) is 6.42 Å². The second-order valence-corrected chi connectivity index (χ2v) is 4.51. The van der Waals surface area contributed by atoms with Crippen LogP contribution in [-0.2, 0) is 9.53 Å². The predicted molar refractivity (Wildman–Crippen MR) is 66.7 cm³/mol. The lowest BCUT2D eigenvalue weighted by Gasteiger charge is -2.11. The van der Waals surface area contributed by atoms with Gasteiger partial charge in [-0.15, -0.1) is 0 Å². The van der Waals surface area contributed by atoms with Gasteiger partial charge in [0.1, 0.15) is 0 Å². The summed E-state index contributed by atoms with van der Waals surface area (Å²) in [6, 6.07) is 0. The fourth-order valence-electron chi connectivity index (χ4n) is 1.38. The maximum Gasteiger partial charge on any atom is 0.456 e. The molecule has 0 spiro atoms. The lowest BCUT2D eigenvalue weighted by molar-refractivity contribution is -0.792. The van der Waals surface area contributed by atoms with Crippen LogP contribution in [0, 0.1) is 20.2 Å². The van der Waals surface area contributed by atoms with Gasteiger partial charge in [0.05, 0.1) is 36.2 Å². The van der Waals surface area contributed by atoms with E-state index in [2.05, 4.69) is 6.92 Å². The Labute approximate surface area is 111 Å². The number of nitrogens with zero attached hydrogens (tertiary/aromatic N) is 2. The standard InChI is InChI=1S/C11H20N2O6/c1-3-4-5-6-9-19-10(14)7-8-11(2,12(15)16)13(17)18/h3-9H2,1-2H3. The fraction of sp³-hybridized carbons (Fsp3) is 0.909. The highest BCUT2D eigenvalue weighted by molar-refractivity contribution is 5.69. The van der Waals surface area contributed by atoms with Crippen molar-refractivity contribution in [2.45, 2.75) is 58.0 Å². The van der Waals surface area contributed by atoms with Crippen molar-refractivity contribution in [2.75, 3.05) is 6.61 Å². The molecule has 0 heterocycles. The SMILES string of the molecule is CCCCCCOC(=O)CCC(C)([N+](=O)[O-])[N+](=O)[O-]. The Bertz CT molecular complexity index is 317. The lowest BCUT2D eigenvalue weighted by atomic mass is 10.1. The predicted octanol–water partition coefficient (Wildman–Crippen LogP) is 2.16. The normalized spacial score (nSPS) is 11.1. The molecular formula is C11H20N2O6. The summed E-state index contributed by atoms with van der Waals surface area (Å²) in [6.45, 7) is 3.20. The number of hydrogen-bond acceptors (Lipinski definition) is 6. The number of carbonyl (C=O) groups is 1.